The van der Waals surface area contributed by atoms with E-state index in [9.17, 15) is 0 Å². The fraction of sp³-hybridized carbons (Fsp3) is 0.400. The lowest BCUT2D eigenvalue weighted by Crippen LogP contribution is -2.16. The quantitative estimate of drug-likeness (QED) is 0.777. The minimum Gasteiger partial charge on any atom is -0.303 e. The van der Waals surface area contributed by atoms with Crippen LogP contribution >= 0.6 is 0 Å². The second kappa shape index (κ2) is 6.59. The van der Waals surface area contributed by atoms with Crippen molar-refractivity contribution in [1.29, 1.82) is 0 Å². The van der Waals surface area contributed by atoms with Crippen molar-refractivity contribution < 1.29 is 17.5 Å². The third-order valence-electron chi connectivity index (χ3n) is 2.06. The van der Waals surface area contributed by atoms with E-state index >= 15 is 0 Å². The van der Waals surface area contributed by atoms with Gasteiger partial charge in [-0.1, -0.05) is 30.3 Å². The van der Waals surface area contributed by atoms with Gasteiger partial charge in [0, 0.05) is 6.04 Å². The highest BCUT2D eigenvalue weighted by Gasteiger charge is 2.04. The minimum atomic E-state index is -4.67. The Bertz CT molecular complexity index is 381. The zero-order valence-electron chi connectivity index (χ0n) is 9.53. The number of hydrogen-bond acceptors (Lipinski definition) is 3. The van der Waals surface area contributed by atoms with Crippen LogP contribution in [0.25, 0.3) is 0 Å². The van der Waals surface area contributed by atoms with Crippen LogP contribution in [0.15, 0.2) is 30.3 Å². The van der Waals surface area contributed by atoms with Crippen molar-refractivity contribution >= 4 is 10.4 Å². The molecule has 0 heterocycles. The second-order valence-corrected chi connectivity index (χ2v) is 4.39. The van der Waals surface area contributed by atoms with Crippen LogP contribution in [0.3, 0.4) is 0 Å². The summed E-state index contributed by atoms with van der Waals surface area (Å²) in [7, 11) is -0.477. The molecule has 0 aliphatic heterocycles. The van der Waals surface area contributed by atoms with Gasteiger partial charge in [0.25, 0.3) is 0 Å². The first kappa shape index (κ1) is 15.0. The zero-order chi connectivity index (χ0) is 12.8. The molecule has 0 amide bonds. The van der Waals surface area contributed by atoms with E-state index < -0.39 is 10.4 Å². The Labute approximate surface area is 96.3 Å². The highest BCUT2D eigenvalue weighted by Crippen LogP contribution is 2.15. The van der Waals surface area contributed by atoms with Gasteiger partial charge in [-0.2, -0.15) is 8.42 Å². The fourth-order valence-electron chi connectivity index (χ4n) is 1.03. The second-order valence-electron chi connectivity index (χ2n) is 3.50. The topological polar surface area (TPSA) is 77.8 Å². The molecule has 0 aliphatic rings. The average molecular weight is 247 g/mol. The summed E-state index contributed by atoms with van der Waals surface area (Å²) in [6.45, 7) is 2.20. The summed E-state index contributed by atoms with van der Waals surface area (Å²) in [5.41, 5.74) is 1.37. The van der Waals surface area contributed by atoms with E-state index in [1.807, 2.05) is 6.07 Å². The molecule has 0 saturated heterocycles. The maximum atomic E-state index is 8.74. The molecule has 0 aliphatic carbocycles. The van der Waals surface area contributed by atoms with Crippen LogP contribution < -0.4 is 0 Å². The van der Waals surface area contributed by atoms with Crippen LogP contribution in [0.2, 0.25) is 0 Å². The molecule has 1 unspecified atom stereocenters. The van der Waals surface area contributed by atoms with Crippen LogP contribution in [-0.4, -0.2) is 36.5 Å². The first-order chi connectivity index (χ1) is 7.22. The highest BCUT2D eigenvalue weighted by atomic mass is 32.3. The van der Waals surface area contributed by atoms with Gasteiger partial charge >= 0.3 is 10.4 Å². The molecular weight excluding hydrogens is 230 g/mol. The van der Waals surface area contributed by atoms with Crippen LogP contribution in [0.5, 0.6) is 0 Å². The van der Waals surface area contributed by atoms with E-state index in [1.165, 1.54) is 5.56 Å². The SMILES string of the molecule is CC(c1ccccc1)N(C)C.O=S(=O)(O)O. The molecule has 0 aromatic heterocycles. The average Bonchev–Trinajstić information content (AvgIpc) is 2.15. The molecule has 5 nitrogen and oxygen atoms in total. The summed E-state index contributed by atoms with van der Waals surface area (Å²) in [5.74, 6) is 0. The van der Waals surface area contributed by atoms with E-state index in [4.69, 9.17) is 17.5 Å². The molecule has 6 heteroatoms. The molecule has 1 atom stereocenters. The first-order valence-corrected chi connectivity index (χ1v) is 6.02. The molecule has 0 spiro atoms. The van der Waals surface area contributed by atoms with Crippen molar-refractivity contribution in [2.75, 3.05) is 14.1 Å². The molecule has 16 heavy (non-hydrogen) atoms. The van der Waals surface area contributed by atoms with Gasteiger partial charge in [-0.25, -0.2) is 0 Å². The lowest BCUT2D eigenvalue weighted by atomic mass is 10.1. The number of hydrogen-bond donors (Lipinski definition) is 2. The summed E-state index contributed by atoms with van der Waals surface area (Å²) in [6, 6.07) is 11.0. The van der Waals surface area contributed by atoms with Crippen molar-refractivity contribution in [3.05, 3.63) is 35.9 Å². The Morgan fingerprint density at radius 1 is 1.12 bits per heavy atom. The van der Waals surface area contributed by atoms with Crippen LogP contribution in [0.4, 0.5) is 0 Å². The molecule has 92 valence electrons. The molecule has 2 N–H and O–H groups in total. The Morgan fingerprint density at radius 3 is 1.81 bits per heavy atom. The van der Waals surface area contributed by atoms with Gasteiger partial charge in [-0.15, -0.1) is 0 Å². The smallest absolute Gasteiger partial charge is 0.303 e. The Balaban J connectivity index is 0.000000385. The maximum Gasteiger partial charge on any atom is 0.394 e. The van der Waals surface area contributed by atoms with E-state index in [-0.39, 0.29) is 0 Å². The summed E-state index contributed by atoms with van der Waals surface area (Å²) in [6.07, 6.45) is 0. The lowest BCUT2D eigenvalue weighted by Gasteiger charge is -2.19. The molecule has 0 bridgehead atoms. The minimum absolute atomic E-state index is 0.510. The predicted octanol–water partition coefficient (Wildman–Crippen LogP) is 1.66. The van der Waals surface area contributed by atoms with E-state index in [0.29, 0.717) is 6.04 Å². The lowest BCUT2D eigenvalue weighted by molar-refractivity contribution is 0.321. The van der Waals surface area contributed by atoms with E-state index in [0.717, 1.165) is 0 Å². The Kier molecular flexibility index (Phi) is 6.20. The monoisotopic (exact) mass is 247 g/mol. The fourth-order valence-corrected chi connectivity index (χ4v) is 1.03. The molecular formula is C10H17NO4S. The van der Waals surface area contributed by atoms with Gasteiger partial charge in [0.1, 0.15) is 0 Å². The molecule has 1 aromatic rings. The molecule has 0 saturated carbocycles. The largest absolute Gasteiger partial charge is 0.394 e. The molecule has 1 rings (SSSR count). The number of benzene rings is 1. The van der Waals surface area contributed by atoms with Gasteiger partial charge in [-0.3, -0.25) is 9.11 Å². The van der Waals surface area contributed by atoms with Crippen molar-refractivity contribution in [3.63, 3.8) is 0 Å². The Morgan fingerprint density at radius 2 is 1.50 bits per heavy atom. The first-order valence-electron chi connectivity index (χ1n) is 4.63. The predicted molar refractivity (Wildman–Crippen MR) is 62.7 cm³/mol. The molecule has 0 fully saturated rings. The third-order valence-corrected chi connectivity index (χ3v) is 2.06. The van der Waals surface area contributed by atoms with Gasteiger partial charge < -0.3 is 4.90 Å². The third kappa shape index (κ3) is 8.37. The van der Waals surface area contributed by atoms with Crippen molar-refractivity contribution in [2.45, 2.75) is 13.0 Å². The maximum absolute atomic E-state index is 8.74. The summed E-state index contributed by atoms with van der Waals surface area (Å²) >= 11 is 0. The summed E-state index contributed by atoms with van der Waals surface area (Å²) in [5, 5.41) is 0. The zero-order valence-corrected chi connectivity index (χ0v) is 10.3. The normalized spacial score (nSPS) is 12.9. The highest BCUT2D eigenvalue weighted by molar-refractivity contribution is 7.79. The van der Waals surface area contributed by atoms with Gasteiger partial charge in [0.15, 0.2) is 0 Å². The standard InChI is InChI=1S/C10H15N.H2O4S/c1-9(11(2)3)10-7-5-4-6-8-10;1-5(2,3)4/h4-9H,1-3H3;(H2,1,2,3,4). The van der Waals surface area contributed by atoms with Crippen molar-refractivity contribution in [2.24, 2.45) is 0 Å². The van der Waals surface area contributed by atoms with Crippen LogP contribution in [0, 0.1) is 0 Å². The van der Waals surface area contributed by atoms with E-state index in [2.05, 4.69) is 50.2 Å². The van der Waals surface area contributed by atoms with Crippen molar-refractivity contribution in [3.8, 4) is 0 Å². The summed E-state index contributed by atoms with van der Waals surface area (Å²) in [4.78, 5) is 2.20. The number of rotatable bonds is 2. The van der Waals surface area contributed by atoms with Crippen LogP contribution in [-0.2, 0) is 10.4 Å². The summed E-state index contributed by atoms with van der Waals surface area (Å²) < 4.78 is 31.6. The van der Waals surface area contributed by atoms with Gasteiger partial charge in [0.2, 0.25) is 0 Å². The van der Waals surface area contributed by atoms with E-state index in [1.54, 1.807) is 0 Å². The molecule has 0 radical (unpaired) electrons. The van der Waals surface area contributed by atoms with Gasteiger partial charge in [-0.05, 0) is 26.6 Å². The van der Waals surface area contributed by atoms with Crippen molar-refractivity contribution in [1.82, 2.24) is 4.90 Å². The van der Waals surface area contributed by atoms with Gasteiger partial charge in [0.05, 0.1) is 0 Å². The van der Waals surface area contributed by atoms with Crippen LogP contribution in [0.1, 0.15) is 18.5 Å². The molecule has 1 aromatic carbocycles. The Hall–Kier alpha value is -0.950. The number of nitrogens with zero attached hydrogens (tertiary/aromatic N) is 1.